The van der Waals surface area contributed by atoms with Gasteiger partial charge in [-0.3, -0.25) is 4.79 Å². The molecule has 1 aromatic rings. The van der Waals surface area contributed by atoms with Crippen LogP contribution in [0.5, 0.6) is 0 Å². The minimum absolute atomic E-state index is 0.0110. The number of piperidine rings is 1. The lowest BCUT2D eigenvalue weighted by atomic mass is 9.89. The van der Waals surface area contributed by atoms with Crippen LogP contribution in [0.2, 0.25) is 0 Å². The van der Waals surface area contributed by atoms with Crippen molar-refractivity contribution in [2.24, 2.45) is 0 Å². The minimum atomic E-state index is -0.443. The van der Waals surface area contributed by atoms with Crippen LogP contribution in [-0.2, 0) is 14.3 Å². The molecule has 0 saturated carbocycles. The van der Waals surface area contributed by atoms with Gasteiger partial charge in [-0.1, -0.05) is 0 Å². The number of methoxy groups -OCH3 is 1. The molecule has 0 N–H and O–H groups in total. The second-order valence-corrected chi connectivity index (χ2v) is 5.97. The van der Waals surface area contributed by atoms with Crippen molar-refractivity contribution in [3.63, 3.8) is 0 Å². The molecule has 1 aromatic heterocycles. The van der Waals surface area contributed by atoms with Crippen molar-refractivity contribution in [2.75, 3.05) is 51.4 Å². The molecule has 126 valence electrons. The van der Waals surface area contributed by atoms with Crippen molar-refractivity contribution in [3.8, 4) is 0 Å². The number of aromatic nitrogens is 2. The Kier molecular flexibility index (Phi) is 4.72. The largest absolute Gasteiger partial charge is 0.375 e. The SMILES string of the molecule is COCC(=O)N1CCC2(CC1)CN(c1ncc(F)cn1)CCO2. The van der Waals surface area contributed by atoms with Gasteiger partial charge in [-0.25, -0.2) is 14.4 Å². The number of anilines is 1. The number of hydrogen-bond acceptors (Lipinski definition) is 6. The first kappa shape index (κ1) is 16.1. The van der Waals surface area contributed by atoms with E-state index >= 15 is 0 Å². The molecule has 2 fully saturated rings. The maximum Gasteiger partial charge on any atom is 0.248 e. The standard InChI is InChI=1S/C15H21FN4O3/c1-22-10-13(21)19-4-2-15(3-5-19)11-20(6-7-23-15)14-17-8-12(16)9-18-14/h8-9H,2-7,10-11H2,1H3. The van der Waals surface area contributed by atoms with Gasteiger partial charge in [0.15, 0.2) is 5.82 Å². The van der Waals surface area contributed by atoms with Gasteiger partial charge < -0.3 is 19.3 Å². The predicted molar refractivity (Wildman–Crippen MR) is 80.6 cm³/mol. The molecular weight excluding hydrogens is 303 g/mol. The van der Waals surface area contributed by atoms with E-state index in [2.05, 4.69) is 9.97 Å². The number of morpholine rings is 1. The molecule has 0 bridgehead atoms. The van der Waals surface area contributed by atoms with E-state index in [0.29, 0.717) is 38.7 Å². The highest BCUT2D eigenvalue weighted by atomic mass is 19.1. The van der Waals surface area contributed by atoms with Gasteiger partial charge >= 0.3 is 0 Å². The normalized spacial score (nSPS) is 20.8. The first-order chi connectivity index (χ1) is 11.1. The van der Waals surface area contributed by atoms with E-state index in [1.807, 2.05) is 9.80 Å². The highest BCUT2D eigenvalue weighted by Crippen LogP contribution is 2.31. The van der Waals surface area contributed by atoms with Gasteiger partial charge in [0.25, 0.3) is 0 Å². The number of likely N-dealkylation sites (tertiary alicyclic amines) is 1. The number of amides is 1. The van der Waals surface area contributed by atoms with Crippen LogP contribution in [0.4, 0.5) is 10.3 Å². The molecule has 3 heterocycles. The van der Waals surface area contributed by atoms with Gasteiger partial charge in [0.1, 0.15) is 6.61 Å². The summed E-state index contributed by atoms with van der Waals surface area (Å²) in [7, 11) is 1.52. The Morgan fingerprint density at radius 1 is 1.35 bits per heavy atom. The Morgan fingerprint density at radius 2 is 2.04 bits per heavy atom. The summed E-state index contributed by atoms with van der Waals surface area (Å²) in [6.45, 7) is 3.33. The monoisotopic (exact) mass is 324 g/mol. The fourth-order valence-corrected chi connectivity index (χ4v) is 3.17. The fourth-order valence-electron chi connectivity index (χ4n) is 3.17. The van der Waals surface area contributed by atoms with Crippen LogP contribution in [0.3, 0.4) is 0 Å². The lowest BCUT2D eigenvalue weighted by Gasteiger charge is -2.47. The maximum absolute atomic E-state index is 13.0. The number of carbonyl (C=O) groups excluding carboxylic acids is 1. The molecule has 0 unspecified atom stereocenters. The fraction of sp³-hybridized carbons (Fsp3) is 0.667. The van der Waals surface area contributed by atoms with Gasteiger partial charge in [0.05, 0.1) is 31.1 Å². The third-order valence-electron chi connectivity index (χ3n) is 4.43. The lowest BCUT2D eigenvalue weighted by Crippen LogP contribution is -2.58. The zero-order valence-electron chi connectivity index (χ0n) is 13.2. The van der Waals surface area contributed by atoms with Crippen LogP contribution < -0.4 is 4.90 Å². The molecule has 23 heavy (non-hydrogen) atoms. The van der Waals surface area contributed by atoms with Crippen LogP contribution in [0.15, 0.2) is 12.4 Å². The molecule has 7 nitrogen and oxygen atoms in total. The van der Waals surface area contributed by atoms with Gasteiger partial charge in [-0.05, 0) is 12.8 Å². The topological polar surface area (TPSA) is 67.8 Å². The van der Waals surface area contributed by atoms with E-state index in [1.165, 1.54) is 19.5 Å². The zero-order valence-corrected chi connectivity index (χ0v) is 13.2. The smallest absolute Gasteiger partial charge is 0.248 e. The Labute approximate surface area is 134 Å². The van der Waals surface area contributed by atoms with Crippen molar-refractivity contribution in [2.45, 2.75) is 18.4 Å². The van der Waals surface area contributed by atoms with E-state index in [1.54, 1.807) is 0 Å². The highest BCUT2D eigenvalue weighted by Gasteiger charge is 2.41. The average Bonchev–Trinajstić information content (AvgIpc) is 2.56. The third kappa shape index (κ3) is 3.59. The molecule has 2 aliphatic rings. The Balaban J connectivity index is 1.62. The summed E-state index contributed by atoms with van der Waals surface area (Å²) in [6, 6.07) is 0. The van der Waals surface area contributed by atoms with E-state index in [0.717, 1.165) is 12.8 Å². The Hall–Kier alpha value is -1.80. The van der Waals surface area contributed by atoms with E-state index in [9.17, 15) is 9.18 Å². The van der Waals surface area contributed by atoms with Crippen LogP contribution in [-0.4, -0.2) is 72.9 Å². The number of rotatable bonds is 3. The van der Waals surface area contributed by atoms with E-state index < -0.39 is 5.82 Å². The predicted octanol–water partition coefficient (Wildman–Crippen LogP) is 0.460. The van der Waals surface area contributed by atoms with Crippen molar-refractivity contribution in [3.05, 3.63) is 18.2 Å². The molecule has 1 amide bonds. The molecule has 8 heteroatoms. The number of carbonyl (C=O) groups is 1. The molecule has 0 radical (unpaired) electrons. The second kappa shape index (κ2) is 6.76. The van der Waals surface area contributed by atoms with E-state index in [4.69, 9.17) is 9.47 Å². The molecule has 0 atom stereocenters. The van der Waals surface area contributed by atoms with Crippen molar-refractivity contribution < 1.29 is 18.7 Å². The quantitative estimate of drug-likeness (QED) is 0.805. The second-order valence-electron chi connectivity index (χ2n) is 5.97. The van der Waals surface area contributed by atoms with Crippen LogP contribution in [0.25, 0.3) is 0 Å². The average molecular weight is 324 g/mol. The molecule has 3 rings (SSSR count). The summed E-state index contributed by atoms with van der Waals surface area (Å²) in [5.74, 6) is 0.0885. The number of halogens is 1. The van der Waals surface area contributed by atoms with Gasteiger partial charge in [0.2, 0.25) is 11.9 Å². The van der Waals surface area contributed by atoms with Crippen LogP contribution in [0, 0.1) is 5.82 Å². The Morgan fingerprint density at radius 3 is 2.70 bits per heavy atom. The van der Waals surface area contributed by atoms with Gasteiger partial charge in [-0.15, -0.1) is 0 Å². The zero-order chi connectivity index (χ0) is 16.3. The number of ether oxygens (including phenoxy) is 2. The minimum Gasteiger partial charge on any atom is -0.375 e. The van der Waals surface area contributed by atoms with Gasteiger partial charge in [-0.2, -0.15) is 0 Å². The first-order valence-electron chi connectivity index (χ1n) is 7.75. The molecule has 2 aliphatic heterocycles. The molecule has 0 aliphatic carbocycles. The molecule has 2 saturated heterocycles. The maximum atomic E-state index is 13.0. The number of hydrogen-bond donors (Lipinski definition) is 0. The Bertz CT molecular complexity index is 546. The van der Waals surface area contributed by atoms with Crippen molar-refractivity contribution >= 4 is 11.9 Å². The van der Waals surface area contributed by atoms with Gasteiger partial charge in [0, 0.05) is 26.7 Å². The summed E-state index contributed by atoms with van der Waals surface area (Å²) in [6.07, 6.45) is 3.88. The van der Waals surface area contributed by atoms with Crippen LogP contribution >= 0.6 is 0 Å². The highest BCUT2D eigenvalue weighted by molar-refractivity contribution is 5.77. The summed E-state index contributed by atoms with van der Waals surface area (Å²) in [5, 5.41) is 0. The molecule has 1 spiro atoms. The third-order valence-corrected chi connectivity index (χ3v) is 4.43. The molecule has 0 aromatic carbocycles. The lowest BCUT2D eigenvalue weighted by molar-refractivity contribution is -0.143. The van der Waals surface area contributed by atoms with Crippen molar-refractivity contribution in [1.29, 1.82) is 0 Å². The number of nitrogens with zero attached hydrogens (tertiary/aromatic N) is 4. The van der Waals surface area contributed by atoms with E-state index in [-0.39, 0.29) is 18.1 Å². The first-order valence-corrected chi connectivity index (χ1v) is 7.75. The summed E-state index contributed by atoms with van der Waals surface area (Å²) >= 11 is 0. The molecular formula is C15H21FN4O3. The van der Waals surface area contributed by atoms with Crippen molar-refractivity contribution in [1.82, 2.24) is 14.9 Å². The van der Waals surface area contributed by atoms with Crippen LogP contribution in [0.1, 0.15) is 12.8 Å². The summed E-state index contributed by atoms with van der Waals surface area (Å²) < 4.78 is 23.9. The summed E-state index contributed by atoms with van der Waals surface area (Å²) in [5.41, 5.74) is -0.292. The summed E-state index contributed by atoms with van der Waals surface area (Å²) in [4.78, 5) is 23.8.